The number of anilines is 1. The van der Waals surface area contributed by atoms with Crippen LogP contribution in [0.5, 0.6) is 11.5 Å². The van der Waals surface area contributed by atoms with E-state index in [-0.39, 0.29) is 18.1 Å². The Balaban J connectivity index is 1.97. The van der Waals surface area contributed by atoms with Gasteiger partial charge in [0.25, 0.3) is 5.91 Å². The van der Waals surface area contributed by atoms with Gasteiger partial charge in [-0.05, 0) is 55.8 Å². The Morgan fingerprint density at radius 3 is 2.69 bits per heavy atom. The van der Waals surface area contributed by atoms with E-state index >= 15 is 0 Å². The van der Waals surface area contributed by atoms with Gasteiger partial charge in [0.1, 0.15) is 0 Å². The summed E-state index contributed by atoms with van der Waals surface area (Å²) in [6.07, 6.45) is 0. The van der Waals surface area contributed by atoms with Crippen LogP contribution >= 0.6 is 0 Å². The molecular weight excluding hydrogens is 336 g/mol. The molecule has 2 aromatic rings. The van der Waals surface area contributed by atoms with Crippen molar-refractivity contribution in [1.82, 2.24) is 25.5 Å². The molecule has 0 aliphatic heterocycles. The molecule has 0 saturated carbocycles. The van der Waals surface area contributed by atoms with E-state index in [1.807, 2.05) is 39.8 Å². The van der Waals surface area contributed by atoms with Gasteiger partial charge < -0.3 is 20.1 Å². The van der Waals surface area contributed by atoms with Gasteiger partial charge in [0.2, 0.25) is 5.95 Å². The van der Waals surface area contributed by atoms with E-state index in [0.29, 0.717) is 30.5 Å². The number of nitrogens with zero attached hydrogens (tertiary/aromatic N) is 4. The molecule has 1 aromatic heterocycles. The summed E-state index contributed by atoms with van der Waals surface area (Å²) < 4.78 is 12.6. The molecular formula is C17H26N6O3. The summed E-state index contributed by atoms with van der Waals surface area (Å²) in [5, 5.41) is 17.5. The summed E-state index contributed by atoms with van der Waals surface area (Å²) in [6, 6.07) is 5.53. The maximum absolute atomic E-state index is 11.9. The van der Waals surface area contributed by atoms with Crippen molar-refractivity contribution >= 4 is 11.9 Å². The van der Waals surface area contributed by atoms with Gasteiger partial charge in [-0.3, -0.25) is 4.79 Å². The second-order valence-electron chi connectivity index (χ2n) is 6.74. The van der Waals surface area contributed by atoms with Gasteiger partial charge in [0, 0.05) is 18.6 Å². The van der Waals surface area contributed by atoms with Crippen LogP contribution in [0, 0.1) is 0 Å². The number of hydrogen-bond acceptors (Lipinski definition) is 7. The fraction of sp³-hybridized carbons (Fsp3) is 0.529. The first-order valence-corrected chi connectivity index (χ1v) is 8.43. The number of tetrazole rings is 1. The summed E-state index contributed by atoms with van der Waals surface area (Å²) in [5.41, 5.74) is 0.674. The van der Waals surface area contributed by atoms with Gasteiger partial charge in [-0.25, -0.2) is 4.68 Å². The van der Waals surface area contributed by atoms with Crippen LogP contribution in [-0.2, 0) is 17.9 Å². The third-order valence-electron chi connectivity index (χ3n) is 3.38. The summed E-state index contributed by atoms with van der Waals surface area (Å²) in [6.45, 7) is 8.86. The highest BCUT2D eigenvalue weighted by Gasteiger charge is 2.15. The van der Waals surface area contributed by atoms with Crippen molar-refractivity contribution in [3.05, 3.63) is 23.8 Å². The van der Waals surface area contributed by atoms with Crippen molar-refractivity contribution in [2.75, 3.05) is 19.0 Å². The first-order chi connectivity index (χ1) is 12.3. The minimum Gasteiger partial charge on any atom is -0.493 e. The van der Waals surface area contributed by atoms with Crippen molar-refractivity contribution in [3.8, 4) is 11.5 Å². The van der Waals surface area contributed by atoms with Gasteiger partial charge in [0.05, 0.1) is 7.11 Å². The quantitative estimate of drug-likeness (QED) is 0.735. The lowest BCUT2D eigenvalue weighted by molar-refractivity contribution is -0.124. The van der Waals surface area contributed by atoms with Gasteiger partial charge in [0.15, 0.2) is 18.1 Å². The Morgan fingerprint density at radius 2 is 2.04 bits per heavy atom. The highest BCUT2D eigenvalue weighted by Crippen LogP contribution is 2.28. The molecule has 1 aromatic carbocycles. The molecule has 0 bridgehead atoms. The number of amides is 1. The highest BCUT2D eigenvalue weighted by atomic mass is 16.5. The third kappa shape index (κ3) is 5.61. The van der Waals surface area contributed by atoms with Crippen molar-refractivity contribution in [3.63, 3.8) is 0 Å². The van der Waals surface area contributed by atoms with Crippen molar-refractivity contribution in [1.29, 1.82) is 0 Å². The predicted molar refractivity (Wildman–Crippen MR) is 97.2 cm³/mol. The summed E-state index contributed by atoms with van der Waals surface area (Å²) in [5.74, 6) is 1.49. The number of ether oxygens (including phenoxy) is 2. The number of aryl methyl sites for hydroxylation is 1. The van der Waals surface area contributed by atoms with E-state index in [1.54, 1.807) is 17.9 Å². The van der Waals surface area contributed by atoms with Crippen LogP contribution < -0.4 is 20.1 Å². The Labute approximate surface area is 153 Å². The van der Waals surface area contributed by atoms with Crippen molar-refractivity contribution in [2.45, 2.75) is 46.3 Å². The van der Waals surface area contributed by atoms with Gasteiger partial charge in [-0.1, -0.05) is 11.2 Å². The van der Waals surface area contributed by atoms with E-state index in [1.165, 1.54) is 0 Å². The Kier molecular flexibility index (Phi) is 6.37. The fourth-order valence-electron chi connectivity index (χ4n) is 2.26. The number of nitrogens with one attached hydrogen (secondary N) is 2. The number of methoxy groups -OCH3 is 1. The lowest BCUT2D eigenvalue weighted by atomic mass is 10.1. The topological polar surface area (TPSA) is 103 Å². The van der Waals surface area contributed by atoms with Crippen LogP contribution in [0.4, 0.5) is 5.95 Å². The maximum atomic E-state index is 11.9. The standard InChI is InChI=1S/C17H26N6O3/c1-6-23-16(20-21-22-23)18-10-12-7-8-13(14(9-12)25-5)26-11-15(24)19-17(2,3)4/h7-9H,6,10-11H2,1-5H3,(H,19,24)(H,18,20,22). The lowest BCUT2D eigenvalue weighted by Crippen LogP contribution is -2.43. The second kappa shape index (κ2) is 8.50. The van der Waals surface area contributed by atoms with Crippen LogP contribution in [0.25, 0.3) is 0 Å². The Hall–Kier alpha value is -2.84. The summed E-state index contributed by atoms with van der Waals surface area (Å²) >= 11 is 0. The molecule has 142 valence electrons. The van der Waals surface area contributed by atoms with Crippen LogP contribution in [-0.4, -0.2) is 45.4 Å². The van der Waals surface area contributed by atoms with Crippen molar-refractivity contribution < 1.29 is 14.3 Å². The SMILES string of the molecule is CCn1nnnc1NCc1ccc(OCC(=O)NC(C)(C)C)c(OC)c1. The molecule has 0 unspecified atom stereocenters. The molecule has 0 fully saturated rings. The first-order valence-electron chi connectivity index (χ1n) is 8.43. The minimum atomic E-state index is -0.298. The molecule has 2 N–H and O–H groups in total. The van der Waals surface area contributed by atoms with Gasteiger partial charge in [-0.2, -0.15) is 0 Å². The van der Waals surface area contributed by atoms with E-state index in [0.717, 1.165) is 5.56 Å². The van der Waals surface area contributed by atoms with E-state index in [9.17, 15) is 4.79 Å². The predicted octanol–water partition coefficient (Wildman–Crippen LogP) is 1.61. The average molecular weight is 362 g/mol. The Bertz CT molecular complexity index is 738. The molecule has 0 aliphatic carbocycles. The fourth-order valence-corrected chi connectivity index (χ4v) is 2.26. The average Bonchev–Trinajstić information content (AvgIpc) is 3.04. The molecule has 0 aliphatic rings. The Morgan fingerprint density at radius 1 is 1.27 bits per heavy atom. The smallest absolute Gasteiger partial charge is 0.258 e. The first kappa shape index (κ1) is 19.5. The van der Waals surface area contributed by atoms with Gasteiger partial charge in [-0.15, -0.1) is 0 Å². The molecule has 0 radical (unpaired) electrons. The molecule has 1 amide bonds. The number of hydrogen-bond donors (Lipinski definition) is 2. The second-order valence-corrected chi connectivity index (χ2v) is 6.74. The van der Waals surface area contributed by atoms with Crippen molar-refractivity contribution in [2.24, 2.45) is 0 Å². The zero-order chi connectivity index (χ0) is 19.2. The largest absolute Gasteiger partial charge is 0.493 e. The van der Waals surface area contributed by atoms with E-state index < -0.39 is 0 Å². The number of rotatable bonds is 8. The molecule has 9 nitrogen and oxygen atoms in total. The minimum absolute atomic E-state index is 0.0729. The van der Waals surface area contributed by atoms with Crippen LogP contribution in [0.3, 0.4) is 0 Å². The molecule has 0 spiro atoms. The summed E-state index contributed by atoms with van der Waals surface area (Å²) in [4.78, 5) is 11.9. The molecule has 1 heterocycles. The monoisotopic (exact) mass is 362 g/mol. The lowest BCUT2D eigenvalue weighted by Gasteiger charge is -2.20. The third-order valence-corrected chi connectivity index (χ3v) is 3.38. The zero-order valence-corrected chi connectivity index (χ0v) is 15.9. The summed E-state index contributed by atoms with van der Waals surface area (Å²) in [7, 11) is 1.56. The number of aromatic nitrogens is 4. The number of carbonyl (C=O) groups is 1. The normalized spacial score (nSPS) is 11.1. The van der Waals surface area contributed by atoms with E-state index in [4.69, 9.17) is 9.47 Å². The highest BCUT2D eigenvalue weighted by molar-refractivity contribution is 5.78. The molecule has 0 saturated heterocycles. The zero-order valence-electron chi connectivity index (χ0n) is 15.9. The molecule has 9 heteroatoms. The molecule has 26 heavy (non-hydrogen) atoms. The number of benzene rings is 1. The van der Waals surface area contributed by atoms with Crippen LogP contribution in [0.1, 0.15) is 33.3 Å². The van der Waals surface area contributed by atoms with Crippen LogP contribution in [0.15, 0.2) is 18.2 Å². The molecule has 2 rings (SSSR count). The molecule has 0 atom stereocenters. The number of carbonyl (C=O) groups excluding carboxylic acids is 1. The van der Waals surface area contributed by atoms with Gasteiger partial charge >= 0.3 is 0 Å². The van der Waals surface area contributed by atoms with Crippen LogP contribution in [0.2, 0.25) is 0 Å². The maximum Gasteiger partial charge on any atom is 0.258 e. The van der Waals surface area contributed by atoms with E-state index in [2.05, 4.69) is 26.2 Å².